The van der Waals surface area contributed by atoms with Crippen molar-refractivity contribution in [1.82, 2.24) is 9.55 Å². The number of rotatable bonds is 2. The van der Waals surface area contributed by atoms with Gasteiger partial charge in [0.25, 0.3) is 0 Å². The highest BCUT2D eigenvalue weighted by Crippen LogP contribution is 2.36. The average molecular weight is 356 g/mol. The molecule has 0 radical (unpaired) electrons. The number of ether oxygens (including phenoxy) is 1. The molecule has 3 nitrogen and oxygen atoms in total. The molecular formula is C18H16BrN2O-. The lowest BCUT2D eigenvalue weighted by Crippen LogP contribution is -3.00. The van der Waals surface area contributed by atoms with Gasteiger partial charge < -0.3 is 26.3 Å². The minimum absolute atomic E-state index is 0. The molecule has 1 aliphatic heterocycles. The summed E-state index contributed by atoms with van der Waals surface area (Å²) < 4.78 is 7.51. The van der Waals surface area contributed by atoms with E-state index in [9.17, 15) is 0 Å². The van der Waals surface area contributed by atoms with E-state index in [0.29, 0.717) is 0 Å². The van der Waals surface area contributed by atoms with Crippen molar-refractivity contribution in [2.75, 3.05) is 7.11 Å². The van der Waals surface area contributed by atoms with Gasteiger partial charge >= 0.3 is 0 Å². The lowest BCUT2D eigenvalue weighted by atomic mass is 10.1. The summed E-state index contributed by atoms with van der Waals surface area (Å²) in [6.07, 6.45) is 0. The maximum Gasteiger partial charge on any atom is 0.141 e. The third-order valence-corrected chi connectivity index (χ3v) is 4.17. The first kappa shape index (κ1) is 14.9. The summed E-state index contributed by atoms with van der Waals surface area (Å²) in [6, 6.07) is 16.6. The van der Waals surface area contributed by atoms with E-state index in [1.165, 1.54) is 16.8 Å². The van der Waals surface area contributed by atoms with Gasteiger partial charge in [-0.25, -0.2) is 4.98 Å². The molecule has 0 bridgehead atoms. The highest BCUT2D eigenvalue weighted by atomic mass is 79.9. The van der Waals surface area contributed by atoms with E-state index in [4.69, 9.17) is 9.72 Å². The number of nitrogens with zero attached hydrogens (tertiary/aromatic N) is 2. The van der Waals surface area contributed by atoms with Crippen LogP contribution in [0.4, 0.5) is 0 Å². The van der Waals surface area contributed by atoms with E-state index < -0.39 is 0 Å². The van der Waals surface area contributed by atoms with Crippen LogP contribution in [-0.2, 0) is 6.54 Å². The quantitative estimate of drug-likeness (QED) is 0.534. The summed E-state index contributed by atoms with van der Waals surface area (Å²) in [5.41, 5.74) is 6.01. The van der Waals surface area contributed by atoms with Crippen LogP contribution in [0.3, 0.4) is 0 Å². The first-order chi connectivity index (χ1) is 10.3. The Balaban J connectivity index is 0.00000144. The van der Waals surface area contributed by atoms with E-state index in [1.54, 1.807) is 7.11 Å². The second-order valence-corrected chi connectivity index (χ2v) is 5.34. The fourth-order valence-electron chi connectivity index (χ4n) is 3.00. The number of halogens is 1. The molecule has 0 aliphatic carbocycles. The normalized spacial score (nSPS) is 11.5. The molecule has 3 aromatic rings. The van der Waals surface area contributed by atoms with Crippen LogP contribution in [0, 0.1) is 6.92 Å². The molecule has 4 heteroatoms. The van der Waals surface area contributed by atoms with Gasteiger partial charge in [0.15, 0.2) is 0 Å². The number of benzene rings is 2. The van der Waals surface area contributed by atoms with E-state index in [-0.39, 0.29) is 17.0 Å². The smallest absolute Gasteiger partial charge is 0.141 e. The minimum Gasteiger partial charge on any atom is -1.00 e. The first-order valence-electron chi connectivity index (χ1n) is 7.08. The Morgan fingerprint density at radius 3 is 2.50 bits per heavy atom. The van der Waals surface area contributed by atoms with E-state index >= 15 is 0 Å². The largest absolute Gasteiger partial charge is 1.00 e. The van der Waals surface area contributed by atoms with Crippen molar-refractivity contribution in [2.24, 2.45) is 0 Å². The summed E-state index contributed by atoms with van der Waals surface area (Å²) in [5.74, 6) is 1.95. The molecule has 0 atom stereocenters. The number of hydrogen-bond donors (Lipinski definition) is 0. The average Bonchev–Trinajstić information content (AvgIpc) is 3.05. The van der Waals surface area contributed by atoms with Gasteiger partial charge in [-0.3, -0.25) is 0 Å². The molecule has 0 amide bonds. The second kappa shape index (κ2) is 5.61. The summed E-state index contributed by atoms with van der Waals surface area (Å²) in [5, 5.41) is 0. The van der Waals surface area contributed by atoms with Gasteiger partial charge in [-0.1, -0.05) is 24.3 Å². The number of imidazole rings is 1. The van der Waals surface area contributed by atoms with Crippen LogP contribution in [0.5, 0.6) is 5.75 Å². The lowest BCUT2D eigenvalue weighted by molar-refractivity contribution is -0.00000458. The SMILES string of the molecule is COc1ccc(-c2nc3n(c2C)Cc2ccccc2-3)cc1.[Br-]. The summed E-state index contributed by atoms with van der Waals surface area (Å²) in [6.45, 7) is 3.06. The monoisotopic (exact) mass is 355 g/mol. The molecule has 0 N–H and O–H groups in total. The van der Waals surface area contributed by atoms with Crippen molar-refractivity contribution in [3.05, 3.63) is 59.8 Å². The topological polar surface area (TPSA) is 27.1 Å². The maximum atomic E-state index is 5.22. The van der Waals surface area contributed by atoms with Gasteiger partial charge in [0.05, 0.1) is 19.3 Å². The zero-order valence-corrected chi connectivity index (χ0v) is 14.1. The van der Waals surface area contributed by atoms with Gasteiger partial charge in [0.1, 0.15) is 11.6 Å². The summed E-state index contributed by atoms with van der Waals surface area (Å²) >= 11 is 0. The highest BCUT2D eigenvalue weighted by molar-refractivity contribution is 5.72. The predicted octanol–water partition coefficient (Wildman–Crippen LogP) is 0.900. The fraction of sp³-hybridized carbons (Fsp3) is 0.167. The molecule has 1 aliphatic rings. The van der Waals surface area contributed by atoms with E-state index in [0.717, 1.165) is 29.4 Å². The van der Waals surface area contributed by atoms with Crippen LogP contribution in [0.15, 0.2) is 48.5 Å². The van der Waals surface area contributed by atoms with Gasteiger partial charge in [-0.05, 0) is 36.8 Å². The molecule has 0 saturated carbocycles. The van der Waals surface area contributed by atoms with Gasteiger partial charge in [0, 0.05) is 16.8 Å². The van der Waals surface area contributed by atoms with Crippen LogP contribution >= 0.6 is 0 Å². The zero-order valence-electron chi connectivity index (χ0n) is 12.5. The summed E-state index contributed by atoms with van der Waals surface area (Å²) in [4.78, 5) is 4.88. The van der Waals surface area contributed by atoms with Crippen molar-refractivity contribution >= 4 is 0 Å². The van der Waals surface area contributed by atoms with Crippen LogP contribution < -0.4 is 21.7 Å². The molecule has 4 rings (SSSR count). The number of aromatic nitrogens is 2. The fourth-order valence-corrected chi connectivity index (χ4v) is 3.00. The van der Waals surface area contributed by atoms with E-state index in [1.807, 2.05) is 12.1 Å². The van der Waals surface area contributed by atoms with Crippen LogP contribution in [0.1, 0.15) is 11.3 Å². The molecule has 2 heterocycles. The Morgan fingerprint density at radius 2 is 1.77 bits per heavy atom. The minimum atomic E-state index is 0. The summed E-state index contributed by atoms with van der Waals surface area (Å²) in [7, 11) is 1.68. The number of hydrogen-bond acceptors (Lipinski definition) is 2. The van der Waals surface area contributed by atoms with Crippen LogP contribution in [-0.4, -0.2) is 16.7 Å². The molecular weight excluding hydrogens is 340 g/mol. The lowest BCUT2D eigenvalue weighted by Gasteiger charge is -2.04. The third-order valence-electron chi connectivity index (χ3n) is 4.17. The zero-order chi connectivity index (χ0) is 14.4. The van der Waals surface area contributed by atoms with Crippen molar-refractivity contribution in [3.63, 3.8) is 0 Å². The van der Waals surface area contributed by atoms with Crippen molar-refractivity contribution < 1.29 is 21.7 Å². The molecule has 0 fully saturated rings. The Kier molecular flexibility index (Phi) is 3.79. The van der Waals surface area contributed by atoms with Crippen molar-refractivity contribution in [3.8, 4) is 28.4 Å². The van der Waals surface area contributed by atoms with Gasteiger partial charge in [-0.2, -0.15) is 0 Å². The molecule has 0 unspecified atom stereocenters. The molecule has 2 aromatic carbocycles. The van der Waals surface area contributed by atoms with Gasteiger partial charge in [0.2, 0.25) is 0 Å². The Hall–Kier alpha value is -2.07. The highest BCUT2D eigenvalue weighted by Gasteiger charge is 2.23. The van der Waals surface area contributed by atoms with Crippen molar-refractivity contribution in [1.29, 1.82) is 0 Å². The maximum absolute atomic E-state index is 5.22. The standard InChI is InChI=1S/C18H16N2O.BrH/c1-12-17(13-7-9-15(21-2)10-8-13)19-18-16-6-4-3-5-14(16)11-20(12)18;/h3-10H,11H2,1-2H3;1H/p-1. The molecule has 22 heavy (non-hydrogen) atoms. The predicted molar refractivity (Wildman–Crippen MR) is 83.5 cm³/mol. The van der Waals surface area contributed by atoms with Gasteiger partial charge in [-0.15, -0.1) is 0 Å². The first-order valence-corrected chi connectivity index (χ1v) is 7.08. The molecule has 1 aromatic heterocycles. The van der Waals surface area contributed by atoms with Crippen LogP contribution in [0.2, 0.25) is 0 Å². The Morgan fingerprint density at radius 1 is 1.05 bits per heavy atom. The third kappa shape index (κ3) is 2.15. The molecule has 0 spiro atoms. The Bertz CT molecular complexity index is 822. The molecule has 112 valence electrons. The Labute approximate surface area is 140 Å². The van der Waals surface area contributed by atoms with E-state index in [2.05, 4.69) is 47.9 Å². The second-order valence-electron chi connectivity index (χ2n) is 5.34. The number of methoxy groups -OCH3 is 1. The number of fused-ring (bicyclic) bond motifs is 3. The van der Waals surface area contributed by atoms with Crippen molar-refractivity contribution in [2.45, 2.75) is 13.5 Å². The molecule has 0 saturated heterocycles. The van der Waals surface area contributed by atoms with Crippen LogP contribution in [0.25, 0.3) is 22.6 Å².